The number of rotatable bonds is 12. The fourth-order valence-electron chi connectivity index (χ4n) is 6.86. The lowest BCUT2D eigenvalue weighted by Crippen LogP contribution is -2.60. The molecule has 4 fully saturated rings. The smallest absolute Gasteiger partial charge is 0.259 e. The van der Waals surface area contributed by atoms with Crippen LogP contribution in [0.25, 0.3) is 11.0 Å². The van der Waals surface area contributed by atoms with E-state index in [9.17, 15) is 32.4 Å². The summed E-state index contributed by atoms with van der Waals surface area (Å²) in [6.45, 7) is 10.8. The molecule has 3 saturated carbocycles. The number of aryl methyl sites for hydroxylation is 2. The van der Waals surface area contributed by atoms with Crippen molar-refractivity contribution < 1.29 is 32.4 Å². The highest BCUT2D eigenvalue weighted by Gasteiger charge is 2.62. The van der Waals surface area contributed by atoms with Crippen molar-refractivity contribution in [1.82, 2.24) is 40.3 Å². The molecule has 0 aromatic carbocycles. The second kappa shape index (κ2) is 13.2. The molecule has 1 saturated heterocycles. The molecule has 2 aromatic heterocycles. The first-order valence-electron chi connectivity index (χ1n) is 17.3. The Balaban J connectivity index is 1.26. The predicted octanol–water partition coefficient (Wildman–Crippen LogP) is 1.63. The predicted molar refractivity (Wildman–Crippen MR) is 188 cm³/mol. The third-order valence-corrected chi connectivity index (χ3v) is 12.5. The van der Waals surface area contributed by atoms with Crippen molar-refractivity contribution in [3.05, 3.63) is 35.1 Å². The first-order chi connectivity index (χ1) is 23.9. The first-order valence-corrected chi connectivity index (χ1v) is 19.2. The van der Waals surface area contributed by atoms with Gasteiger partial charge in [0.05, 0.1) is 26.9 Å². The Hall–Kier alpha value is -4.05. The summed E-state index contributed by atoms with van der Waals surface area (Å²) >= 11 is 6.67. The molecule has 0 bridgehead atoms. The van der Waals surface area contributed by atoms with Crippen LogP contribution >= 0.6 is 11.6 Å². The monoisotopic (exact) mass is 744 g/mol. The van der Waals surface area contributed by atoms with Crippen molar-refractivity contribution in [2.45, 2.75) is 102 Å². The Morgan fingerprint density at radius 2 is 1.84 bits per heavy atom. The SMILES string of the molecule is C=CC1CC1(NC(=O)[C@@H]1C[C@@H](NC(=O)c2cnc3c(c(C)nn3C)c2Cl)CN1C(=O)[C@@H](NC(=O)CC1CC1)C(C)(C)C)C(=O)NS(=O)(=O)C1CC1. The molecule has 5 atom stereocenters. The molecule has 6 rings (SSSR count). The van der Waals surface area contributed by atoms with Gasteiger partial charge in [-0.15, -0.1) is 6.58 Å². The molecule has 1 aliphatic heterocycles. The van der Waals surface area contributed by atoms with E-state index < -0.39 is 73.9 Å². The van der Waals surface area contributed by atoms with E-state index in [4.69, 9.17) is 11.6 Å². The number of carbonyl (C=O) groups excluding carboxylic acids is 5. The highest BCUT2D eigenvalue weighted by molar-refractivity contribution is 7.91. The van der Waals surface area contributed by atoms with Crippen molar-refractivity contribution in [2.75, 3.05) is 6.54 Å². The Bertz CT molecular complexity index is 1930. The molecule has 51 heavy (non-hydrogen) atoms. The molecular formula is C34H45ClN8O7S. The van der Waals surface area contributed by atoms with Gasteiger partial charge in [0.2, 0.25) is 27.7 Å². The second-order valence-corrected chi connectivity index (χ2v) is 17.8. The number of amides is 5. The van der Waals surface area contributed by atoms with Crippen LogP contribution in [0, 0.1) is 24.2 Å². The van der Waals surface area contributed by atoms with Crippen molar-refractivity contribution in [1.29, 1.82) is 0 Å². The van der Waals surface area contributed by atoms with E-state index in [1.807, 2.05) is 20.8 Å². The van der Waals surface area contributed by atoms with Crippen molar-refractivity contribution in [3.8, 4) is 0 Å². The number of hydrogen-bond donors (Lipinski definition) is 4. The van der Waals surface area contributed by atoms with E-state index in [1.165, 1.54) is 17.2 Å². The van der Waals surface area contributed by atoms with Crippen LogP contribution in [-0.2, 0) is 36.2 Å². The molecule has 0 spiro atoms. The number of fused-ring (bicyclic) bond motifs is 1. The summed E-state index contributed by atoms with van der Waals surface area (Å²) < 4.78 is 29.0. The van der Waals surface area contributed by atoms with E-state index in [2.05, 4.69) is 37.3 Å². The number of carbonyl (C=O) groups is 5. The minimum atomic E-state index is -3.91. The maximum atomic E-state index is 14.4. The van der Waals surface area contributed by atoms with Gasteiger partial charge in [-0.25, -0.2) is 13.4 Å². The van der Waals surface area contributed by atoms with Gasteiger partial charge in [-0.3, -0.25) is 33.4 Å². The number of halogens is 1. The summed E-state index contributed by atoms with van der Waals surface area (Å²) in [4.78, 5) is 74.3. The lowest BCUT2D eigenvalue weighted by atomic mass is 9.85. The average molecular weight is 745 g/mol. The molecule has 15 nitrogen and oxygen atoms in total. The van der Waals surface area contributed by atoms with Crippen LogP contribution < -0.4 is 20.7 Å². The zero-order chi connectivity index (χ0) is 37.2. The van der Waals surface area contributed by atoms with Gasteiger partial charge in [0, 0.05) is 38.2 Å². The maximum Gasteiger partial charge on any atom is 0.259 e. The molecule has 5 amide bonds. The van der Waals surface area contributed by atoms with E-state index in [0.29, 0.717) is 36.0 Å². The average Bonchev–Trinajstić information content (AvgIpc) is 3.96. The van der Waals surface area contributed by atoms with E-state index in [-0.39, 0.29) is 41.8 Å². The van der Waals surface area contributed by atoms with Gasteiger partial charge in [0.1, 0.15) is 17.6 Å². The minimum Gasteiger partial charge on any atom is -0.347 e. The third-order valence-electron chi connectivity index (χ3n) is 10.3. The summed E-state index contributed by atoms with van der Waals surface area (Å²) in [6.07, 6.45) is 6.00. The van der Waals surface area contributed by atoms with E-state index in [1.54, 1.807) is 18.7 Å². The highest BCUT2D eigenvalue weighted by Crippen LogP contribution is 2.45. The molecule has 0 radical (unpaired) electrons. The molecule has 2 unspecified atom stereocenters. The Morgan fingerprint density at radius 1 is 1.16 bits per heavy atom. The molecule has 3 aliphatic carbocycles. The molecule has 4 N–H and O–H groups in total. The first kappa shape index (κ1) is 36.7. The van der Waals surface area contributed by atoms with Gasteiger partial charge < -0.3 is 20.9 Å². The molecule has 276 valence electrons. The van der Waals surface area contributed by atoms with Crippen LogP contribution in [0.5, 0.6) is 0 Å². The van der Waals surface area contributed by atoms with Crippen molar-refractivity contribution in [2.24, 2.45) is 24.3 Å². The van der Waals surface area contributed by atoms with Gasteiger partial charge in [-0.2, -0.15) is 5.10 Å². The van der Waals surface area contributed by atoms with Crippen molar-refractivity contribution in [3.63, 3.8) is 0 Å². The normalized spacial score (nSPS) is 25.2. The van der Waals surface area contributed by atoms with Gasteiger partial charge in [-0.05, 0) is 56.8 Å². The lowest BCUT2D eigenvalue weighted by molar-refractivity contribution is -0.144. The Kier molecular flexibility index (Phi) is 9.49. The summed E-state index contributed by atoms with van der Waals surface area (Å²) in [5.74, 6) is -3.19. The van der Waals surface area contributed by atoms with Gasteiger partial charge in [0.25, 0.3) is 11.8 Å². The zero-order valence-electron chi connectivity index (χ0n) is 29.4. The van der Waals surface area contributed by atoms with Crippen LogP contribution in [0.1, 0.15) is 81.8 Å². The van der Waals surface area contributed by atoms with E-state index in [0.717, 1.165) is 12.8 Å². The van der Waals surface area contributed by atoms with Gasteiger partial charge >= 0.3 is 0 Å². The molecule has 3 heterocycles. The van der Waals surface area contributed by atoms with Crippen LogP contribution in [-0.4, -0.2) is 93.1 Å². The second-order valence-electron chi connectivity index (χ2n) is 15.5. The standard InChI is InChI=1S/C34H45ClN8O7S/c1-7-19-14-34(19,32(48)41-51(49,50)21-10-11-21)39-30(46)23-13-20(37-29(45)22-15-36-28-25(26(22)35)17(2)40-42(28)6)16-43(23)31(47)27(33(3,4)5)38-24(44)12-18-8-9-18/h7,15,18-21,23,27H,1,8-14,16H2,2-6H3,(H,37,45)(H,38,44)(H,39,46)(H,41,48)/t19?,20-,23+,27-,34?/m1/s1. The molecule has 2 aromatic rings. The topological polar surface area (TPSA) is 202 Å². The minimum absolute atomic E-state index is 0.0355. The number of sulfonamides is 1. The number of hydrogen-bond acceptors (Lipinski definition) is 9. The number of likely N-dealkylation sites (tertiary alicyclic amines) is 1. The van der Waals surface area contributed by atoms with Gasteiger partial charge in [-0.1, -0.05) is 38.4 Å². The Labute approximate surface area is 301 Å². The molecular weight excluding hydrogens is 700 g/mol. The van der Waals surface area contributed by atoms with Gasteiger partial charge in [0.15, 0.2) is 5.65 Å². The summed E-state index contributed by atoms with van der Waals surface area (Å²) in [7, 11) is -2.20. The number of aromatic nitrogens is 3. The lowest BCUT2D eigenvalue weighted by Gasteiger charge is -2.35. The third kappa shape index (κ3) is 7.34. The Morgan fingerprint density at radius 3 is 2.43 bits per heavy atom. The number of nitrogens with one attached hydrogen (secondary N) is 4. The quantitative estimate of drug-likeness (QED) is 0.233. The number of pyridine rings is 1. The summed E-state index contributed by atoms with van der Waals surface area (Å²) in [5.41, 5.74) is -1.15. The van der Waals surface area contributed by atoms with Crippen LogP contribution in [0.2, 0.25) is 5.02 Å². The largest absolute Gasteiger partial charge is 0.347 e. The number of nitrogens with zero attached hydrogens (tertiary/aromatic N) is 4. The van der Waals surface area contributed by atoms with Crippen LogP contribution in [0.3, 0.4) is 0 Å². The van der Waals surface area contributed by atoms with Crippen molar-refractivity contribution >= 4 is 62.2 Å². The molecule has 4 aliphatic rings. The summed E-state index contributed by atoms with van der Waals surface area (Å²) in [5, 5.41) is 12.9. The zero-order valence-corrected chi connectivity index (χ0v) is 31.0. The maximum absolute atomic E-state index is 14.4. The fraction of sp³-hybridized carbons (Fsp3) is 0.618. The highest BCUT2D eigenvalue weighted by atomic mass is 35.5. The summed E-state index contributed by atoms with van der Waals surface area (Å²) in [6, 6.07) is -2.93. The molecule has 17 heteroatoms. The van der Waals surface area contributed by atoms with Crippen LogP contribution in [0.4, 0.5) is 0 Å². The fourth-order valence-corrected chi connectivity index (χ4v) is 8.58. The van der Waals surface area contributed by atoms with E-state index >= 15 is 0 Å². The van der Waals surface area contributed by atoms with Crippen LogP contribution in [0.15, 0.2) is 18.9 Å².